The second kappa shape index (κ2) is 9.45. The molecule has 3 rings (SSSR count). The molecular weight excluding hydrogens is 420 g/mol. The van der Waals surface area contributed by atoms with Crippen LogP contribution in [0.25, 0.3) is 0 Å². The van der Waals surface area contributed by atoms with Crippen molar-refractivity contribution in [3.8, 4) is 23.3 Å². The molecule has 0 radical (unpaired) electrons. The van der Waals surface area contributed by atoms with Crippen LogP contribution in [0.4, 0.5) is 5.69 Å². The fourth-order valence-electron chi connectivity index (χ4n) is 3.04. The van der Waals surface area contributed by atoms with E-state index in [1.54, 1.807) is 11.9 Å². The van der Waals surface area contributed by atoms with Crippen molar-refractivity contribution in [2.45, 2.75) is 4.90 Å². The number of ketones is 1. The molecule has 0 fully saturated rings. The molecule has 1 heterocycles. The predicted molar refractivity (Wildman–Crippen MR) is 115 cm³/mol. The van der Waals surface area contributed by atoms with Gasteiger partial charge in [-0.3, -0.25) is 4.79 Å². The molecule has 0 spiro atoms. The molecule has 0 amide bonds. The summed E-state index contributed by atoms with van der Waals surface area (Å²) in [6.45, 7) is -0.577. The first kappa shape index (κ1) is 22.1. The van der Waals surface area contributed by atoms with E-state index in [1.165, 1.54) is 45.2 Å². The predicted octanol–water partition coefficient (Wildman–Crippen LogP) is 3.42. The Bertz CT molecular complexity index is 1080. The Labute approximate surface area is 183 Å². The molecule has 8 nitrogen and oxygen atoms in total. The van der Waals surface area contributed by atoms with Gasteiger partial charge in [-0.25, -0.2) is 4.79 Å². The number of Topliss-reactive ketones (excluding diaryl/α,β-unsaturated/α-hetero) is 1. The Morgan fingerprint density at radius 1 is 1.06 bits per heavy atom. The van der Waals surface area contributed by atoms with Crippen LogP contribution in [0.15, 0.2) is 51.9 Å². The minimum absolute atomic E-state index is 0.0682. The maximum atomic E-state index is 12.7. The van der Waals surface area contributed by atoms with Gasteiger partial charge in [0.05, 0.1) is 32.6 Å². The summed E-state index contributed by atoms with van der Waals surface area (Å²) in [4.78, 5) is 27.9. The van der Waals surface area contributed by atoms with Crippen LogP contribution in [0.1, 0.15) is 10.4 Å². The number of rotatable bonds is 7. The number of nitrogens with zero attached hydrogens (tertiary/aromatic N) is 2. The molecule has 1 aliphatic rings. The molecule has 0 N–H and O–H groups in total. The molecule has 1 aliphatic heterocycles. The second-order valence-corrected chi connectivity index (χ2v) is 7.36. The Morgan fingerprint density at radius 3 is 2.26 bits per heavy atom. The third-order valence-electron chi connectivity index (χ3n) is 4.58. The summed E-state index contributed by atoms with van der Waals surface area (Å²) in [5.74, 6) is -0.463. The van der Waals surface area contributed by atoms with Gasteiger partial charge in [0.25, 0.3) is 0 Å². The number of fused-ring (bicyclic) bond motifs is 1. The fraction of sp³-hybridized carbons (Fsp3) is 0.227. The Morgan fingerprint density at radius 2 is 1.71 bits per heavy atom. The summed E-state index contributed by atoms with van der Waals surface area (Å²) in [6.07, 6.45) is 0. The summed E-state index contributed by atoms with van der Waals surface area (Å²) in [5.41, 5.74) is 0.951. The van der Waals surface area contributed by atoms with Gasteiger partial charge >= 0.3 is 5.97 Å². The molecule has 0 aliphatic carbocycles. The van der Waals surface area contributed by atoms with Gasteiger partial charge in [0.2, 0.25) is 11.5 Å². The van der Waals surface area contributed by atoms with Crippen molar-refractivity contribution in [1.29, 1.82) is 5.26 Å². The fourth-order valence-corrected chi connectivity index (χ4v) is 4.20. The number of para-hydroxylation sites is 1. The molecule has 2 aromatic rings. The van der Waals surface area contributed by atoms with Crippen molar-refractivity contribution in [2.24, 2.45) is 0 Å². The highest BCUT2D eigenvalue weighted by Gasteiger charge is 2.28. The van der Waals surface area contributed by atoms with Crippen LogP contribution in [0.2, 0.25) is 0 Å². The van der Waals surface area contributed by atoms with Gasteiger partial charge in [0, 0.05) is 11.9 Å². The summed E-state index contributed by atoms with van der Waals surface area (Å²) < 4.78 is 20.8. The van der Waals surface area contributed by atoms with Crippen LogP contribution in [0, 0.1) is 11.3 Å². The van der Waals surface area contributed by atoms with Crippen molar-refractivity contribution < 1.29 is 28.5 Å². The smallest absolute Gasteiger partial charge is 0.338 e. The topological polar surface area (TPSA) is 98.1 Å². The molecule has 160 valence electrons. The monoisotopic (exact) mass is 440 g/mol. The van der Waals surface area contributed by atoms with Gasteiger partial charge < -0.3 is 23.8 Å². The number of methoxy groups -OCH3 is 3. The first-order chi connectivity index (χ1) is 14.9. The van der Waals surface area contributed by atoms with E-state index in [0.29, 0.717) is 10.8 Å². The van der Waals surface area contributed by atoms with Crippen LogP contribution in [0.5, 0.6) is 17.2 Å². The lowest BCUT2D eigenvalue weighted by Gasteiger charge is -2.15. The molecule has 0 saturated heterocycles. The van der Waals surface area contributed by atoms with Crippen LogP contribution >= 0.6 is 11.8 Å². The average Bonchev–Trinajstić information content (AvgIpc) is 3.13. The van der Waals surface area contributed by atoms with Gasteiger partial charge in [-0.15, -0.1) is 0 Å². The van der Waals surface area contributed by atoms with Crippen molar-refractivity contribution in [3.05, 3.63) is 52.6 Å². The number of hydrogen-bond donors (Lipinski definition) is 0. The normalized spacial score (nSPS) is 13.7. The van der Waals surface area contributed by atoms with E-state index in [0.717, 1.165) is 10.6 Å². The van der Waals surface area contributed by atoms with Crippen LogP contribution in [-0.4, -0.2) is 46.7 Å². The number of carbonyl (C=O) groups is 2. The quantitative estimate of drug-likeness (QED) is 0.364. The molecular formula is C22H20N2O6S. The maximum absolute atomic E-state index is 12.7. The first-order valence-electron chi connectivity index (χ1n) is 9.10. The lowest BCUT2D eigenvalue weighted by molar-refractivity contribution is -0.118. The largest absolute Gasteiger partial charge is 0.493 e. The minimum atomic E-state index is -0.759. The van der Waals surface area contributed by atoms with E-state index >= 15 is 0 Å². The summed E-state index contributed by atoms with van der Waals surface area (Å²) in [6, 6.07) is 12.4. The van der Waals surface area contributed by atoms with Gasteiger partial charge in [-0.05, 0) is 24.3 Å². The zero-order valence-electron chi connectivity index (χ0n) is 17.4. The highest BCUT2D eigenvalue weighted by atomic mass is 32.2. The number of ether oxygens (including phenoxy) is 4. The number of carbonyl (C=O) groups excluding carboxylic acids is 2. The summed E-state index contributed by atoms with van der Waals surface area (Å²) >= 11 is 1.32. The van der Waals surface area contributed by atoms with E-state index in [9.17, 15) is 14.9 Å². The molecule has 9 heteroatoms. The van der Waals surface area contributed by atoms with Crippen LogP contribution < -0.4 is 19.1 Å². The van der Waals surface area contributed by atoms with Crippen molar-refractivity contribution in [2.75, 3.05) is 39.9 Å². The number of thioether (sulfide) groups is 1. The number of anilines is 1. The standard InChI is InChI=1S/C22H20N2O6S/c1-24-15-7-5-6-8-19(15)31-21(24)14(11-23)16(25)12-30-22(26)13-9-17(27-2)20(29-4)18(10-13)28-3/h5-10H,12H2,1-4H3/b21-14-. The number of esters is 1. The minimum Gasteiger partial charge on any atom is -0.493 e. The van der Waals surface area contributed by atoms with E-state index < -0.39 is 18.4 Å². The molecule has 2 aromatic carbocycles. The van der Waals surface area contributed by atoms with Gasteiger partial charge in [0.1, 0.15) is 16.7 Å². The van der Waals surface area contributed by atoms with Crippen molar-refractivity contribution in [1.82, 2.24) is 0 Å². The third-order valence-corrected chi connectivity index (χ3v) is 5.81. The SMILES string of the molecule is COc1cc(C(=O)OCC(=O)/C(C#N)=C2\Sc3ccccc3N2C)cc(OC)c1OC. The van der Waals surface area contributed by atoms with Crippen molar-refractivity contribution in [3.63, 3.8) is 0 Å². The molecule has 31 heavy (non-hydrogen) atoms. The van der Waals surface area contributed by atoms with Gasteiger partial charge in [0.15, 0.2) is 18.1 Å². The van der Waals surface area contributed by atoms with Crippen LogP contribution in [-0.2, 0) is 9.53 Å². The molecule has 0 saturated carbocycles. The summed E-state index contributed by atoms with van der Waals surface area (Å²) in [7, 11) is 6.08. The maximum Gasteiger partial charge on any atom is 0.338 e. The van der Waals surface area contributed by atoms with E-state index in [2.05, 4.69) is 0 Å². The Kier molecular flexibility index (Phi) is 6.72. The average molecular weight is 440 g/mol. The Hall–Kier alpha value is -3.64. The Balaban J connectivity index is 1.78. The lowest BCUT2D eigenvalue weighted by atomic mass is 10.1. The van der Waals surface area contributed by atoms with E-state index in [4.69, 9.17) is 18.9 Å². The van der Waals surface area contributed by atoms with E-state index in [-0.39, 0.29) is 22.6 Å². The summed E-state index contributed by atoms with van der Waals surface area (Å²) in [5, 5.41) is 10.1. The number of benzene rings is 2. The second-order valence-electron chi connectivity index (χ2n) is 6.33. The van der Waals surface area contributed by atoms with Gasteiger partial charge in [-0.1, -0.05) is 23.9 Å². The molecule has 0 bridgehead atoms. The number of hydrogen-bond acceptors (Lipinski definition) is 9. The highest BCUT2D eigenvalue weighted by Crippen LogP contribution is 2.46. The molecule has 0 aromatic heterocycles. The first-order valence-corrected chi connectivity index (χ1v) is 9.92. The molecule has 0 unspecified atom stereocenters. The van der Waals surface area contributed by atoms with Crippen LogP contribution in [0.3, 0.4) is 0 Å². The molecule has 0 atom stereocenters. The lowest BCUT2D eigenvalue weighted by Crippen LogP contribution is -2.20. The zero-order valence-corrected chi connectivity index (χ0v) is 18.2. The van der Waals surface area contributed by atoms with E-state index in [1.807, 2.05) is 30.3 Å². The highest BCUT2D eigenvalue weighted by molar-refractivity contribution is 8.03. The zero-order chi connectivity index (χ0) is 22.5. The third kappa shape index (κ3) is 4.29. The van der Waals surface area contributed by atoms with Gasteiger partial charge in [-0.2, -0.15) is 5.26 Å². The van der Waals surface area contributed by atoms with Crippen molar-refractivity contribution >= 4 is 29.2 Å². The number of nitriles is 1.